The third-order valence-corrected chi connectivity index (χ3v) is 7.07. The number of thiophene rings is 1. The number of sulfonamides is 1. The van der Waals surface area contributed by atoms with Crippen LogP contribution in [0.1, 0.15) is 13.8 Å². The van der Waals surface area contributed by atoms with Gasteiger partial charge < -0.3 is 4.90 Å². The Morgan fingerprint density at radius 2 is 1.71 bits per heavy atom. The zero-order valence-electron chi connectivity index (χ0n) is 14.0. The molecule has 1 aliphatic rings. The minimum atomic E-state index is -3.48. The van der Waals surface area contributed by atoms with E-state index in [9.17, 15) is 8.42 Å². The minimum absolute atomic E-state index is 0.330. The van der Waals surface area contributed by atoms with E-state index >= 15 is 0 Å². The zero-order chi connectivity index (χ0) is 17.2. The van der Waals surface area contributed by atoms with Crippen LogP contribution in [0.15, 0.2) is 46.0 Å². The molecule has 0 spiro atoms. The molecule has 5 nitrogen and oxygen atoms in total. The predicted octanol–water partition coefficient (Wildman–Crippen LogP) is 3.08. The van der Waals surface area contributed by atoms with Crippen molar-refractivity contribution in [3.8, 4) is 0 Å². The third kappa shape index (κ3) is 3.91. The second-order valence-electron chi connectivity index (χ2n) is 6.20. The van der Waals surface area contributed by atoms with Crippen molar-refractivity contribution in [1.82, 2.24) is 4.90 Å². The normalized spacial score (nSPS) is 16.5. The smallest absolute Gasteiger partial charge is 0.271 e. The lowest BCUT2D eigenvalue weighted by Crippen LogP contribution is -2.48. The molecule has 1 saturated heterocycles. The lowest BCUT2D eigenvalue weighted by atomic mass is 10.2. The molecule has 1 N–H and O–H groups in total. The number of anilines is 2. The van der Waals surface area contributed by atoms with Crippen molar-refractivity contribution in [2.75, 3.05) is 35.8 Å². The second kappa shape index (κ2) is 7.13. The fraction of sp³-hybridized carbons (Fsp3) is 0.412. The van der Waals surface area contributed by atoms with E-state index in [-0.39, 0.29) is 0 Å². The summed E-state index contributed by atoms with van der Waals surface area (Å²) in [5, 5.41) is 1.76. The number of nitrogens with one attached hydrogen (secondary N) is 1. The summed E-state index contributed by atoms with van der Waals surface area (Å²) >= 11 is 1.21. The van der Waals surface area contributed by atoms with Gasteiger partial charge in [-0.15, -0.1) is 11.3 Å². The lowest BCUT2D eigenvalue weighted by Gasteiger charge is -2.38. The maximum absolute atomic E-state index is 12.2. The minimum Gasteiger partial charge on any atom is -0.369 e. The summed E-state index contributed by atoms with van der Waals surface area (Å²) in [4.78, 5) is 4.82. The van der Waals surface area contributed by atoms with E-state index in [0.717, 1.165) is 31.9 Å². The molecule has 1 aromatic carbocycles. The first-order valence-electron chi connectivity index (χ1n) is 8.11. The molecule has 7 heteroatoms. The quantitative estimate of drug-likeness (QED) is 0.885. The van der Waals surface area contributed by atoms with E-state index in [2.05, 4.69) is 28.4 Å². The Hall–Kier alpha value is -1.57. The van der Waals surface area contributed by atoms with Crippen molar-refractivity contribution in [3.05, 3.63) is 41.8 Å². The van der Waals surface area contributed by atoms with E-state index in [1.807, 2.05) is 24.3 Å². The van der Waals surface area contributed by atoms with Gasteiger partial charge in [-0.2, -0.15) is 0 Å². The Balaban J connectivity index is 1.64. The van der Waals surface area contributed by atoms with E-state index in [0.29, 0.717) is 15.9 Å². The highest BCUT2D eigenvalue weighted by atomic mass is 32.2. The van der Waals surface area contributed by atoms with E-state index < -0.39 is 10.0 Å². The number of benzene rings is 1. The Labute approximate surface area is 148 Å². The molecular weight excluding hydrogens is 342 g/mol. The van der Waals surface area contributed by atoms with Gasteiger partial charge >= 0.3 is 0 Å². The summed E-state index contributed by atoms with van der Waals surface area (Å²) in [6.07, 6.45) is 0. The molecule has 0 saturated carbocycles. The fourth-order valence-electron chi connectivity index (χ4n) is 2.86. The summed E-state index contributed by atoms with van der Waals surface area (Å²) in [5.74, 6) is 0. The van der Waals surface area contributed by atoms with Crippen molar-refractivity contribution >= 4 is 32.7 Å². The van der Waals surface area contributed by atoms with Crippen LogP contribution in [0.25, 0.3) is 0 Å². The lowest BCUT2D eigenvalue weighted by molar-refractivity contribution is 0.209. The molecule has 0 radical (unpaired) electrons. The molecular formula is C17H23N3O2S2. The second-order valence-corrected chi connectivity index (χ2v) is 9.06. The monoisotopic (exact) mass is 365 g/mol. The average molecular weight is 366 g/mol. The molecule has 1 fully saturated rings. The summed E-state index contributed by atoms with van der Waals surface area (Å²) in [7, 11) is -3.48. The van der Waals surface area contributed by atoms with Gasteiger partial charge in [0.15, 0.2) is 0 Å². The van der Waals surface area contributed by atoms with E-state index in [1.54, 1.807) is 17.5 Å². The summed E-state index contributed by atoms with van der Waals surface area (Å²) < 4.78 is 27.4. The Morgan fingerprint density at radius 1 is 1.04 bits per heavy atom. The van der Waals surface area contributed by atoms with Crippen LogP contribution in [0.2, 0.25) is 0 Å². The van der Waals surface area contributed by atoms with Crippen LogP contribution in [0.4, 0.5) is 11.4 Å². The Bertz CT molecular complexity index is 748. The van der Waals surface area contributed by atoms with Gasteiger partial charge in [-0.05, 0) is 49.6 Å². The van der Waals surface area contributed by atoms with Crippen molar-refractivity contribution in [3.63, 3.8) is 0 Å². The standard InChI is InChI=1S/C17H23N3O2S2/c1-14(2)19-9-11-20(12-10-19)16-7-5-15(6-8-16)18-24(21,22)17-4-3-13-23-17/h3-8,13-14,18H,9-12H2,1-2H3. The molecule has 0 amide bonds. The molecule has 24 heavy (non-hydrogen) atoms. The van der Waals surface area contributed by atoms with Gasteiger partial charge in [0.1, 0.15) is 4.21 Å². The number of hydrogen-bond acceptors (Lipinski definition) is 5. The molecule has 1 aromatic heterocycles. The van der Waals surface area contributed by atoms with Gasteiger partial charge in [0.05, 0.1) is 0 Å². The van der Waals surface area contributed by atoms with Gasteiger partial charge in [-0.3, -0.25) is 9.62 Å². The Kier molecular flexibility index (Phi) is 5.12. The highest BCUT2D eigenvalue weighted by Gasteiger charge is 2.19. The van der Waals surface area contributed by atoms with Crippen LogP contribution in [0.3, 0.4) is 0 Å². The highest BCUT2D eigenvalue weighted by Crippen LogP contribution is 2.23. The number of hydrogen-bond donors (Lipinski definition) is 1. The summed E-state index contributed by atoms with van der Waals surface area (Å²) in [6.45, 7) is 8.57. The van der Waals surface area contributed by atoms with Crippen molar-refractivity contribution in [1.29, 1.82) is 0 Å². The number of rotatable bonds is 5. The largest absolute Gasteiger partial charge is 0.369 e. The molecule has 0 atom stereocenters. The SMILES string of the molecule is CC(C)N1CCN(c2ccc(NS(=O)(=O)c3cccs3)cc2)CC1. The molecule has 2 heterocycles. The molecule has 130 valence electrons. The van der Waals surface area contributed by atoms with Crippen LogP contribution < -0.4 is 9.62 Å². The highest BCUT2D eigenvalue weighted by molar-refractivity contribution is 7.94. The Morgan fingerprint density at radius 3 is 2.25 bits per heavy atom. The maximum atomic E-state index is 12.2. The first kappa shape index (κ1) is 17.3. The van der Waals surface area contributed by atoms with Crippen molar-refractivity contribution < 1.29 is 8.42 Å². The number of nitrogens with zero attached hydrogens (tertiary/aromatic N) is 2. The topological polar surface area (TPSA) is 52.6 Å². The van der Waals surface area contributed by atoms with Crippen molar-refractivity contribution in [2.45, 2.75) is 24.1 Å². The maximum Gasteiger partial charge on any atom is 0.271 e. The van der Waals surface area contributed by atoms with Gasteiger partial charge in [0.25, 0.3) is 10.0 Å². The van der Waals surface area contributed by atoms with Crippen LogP contribution in [0.5, 0.6) is 0 Å². The molecule has 0 bridgehead atoms. The molecule has 3 rings (SSSR count). The van der Waals surface area contributed by atoms with Gasteiger partial charge in [0.2, 0.25) is 0 Å². The van der Waals surface area contributed by atoms with Crippen LogP contribution in [0, 0.1) is 0 Å². The molecule has 1 aliphatic heterocycles. The first-order valence-corrected chi connectivity index (χ1v) is 10.5. The molecule has 2 aromatic rings. The number of piperazine rings is 1. The van der Waals surface area contributed by atoms with Crippen LogP contribution >= 0.6 is 11.3 Å². The third-order valence-electron chi connectivity index (χ3n) is 4.29. The first-order chi connectivity index (χ1) is 11.5. The molecule has 0 aliphatic carbocycles. The average Bonchev–Trinajstić information content (AvgIpc) is 3.11. The summed E-state index contributed by atoms with van der Waals surface area (Å²) in [6, 6.07) is 11.6. The summed E-state index contributed by atoms with van der Waals surface area (Å²) in [5.41, 5.74) is 1.73. The van der Waals surface area contributed by atoms with E-state index in [1.165, 1.54) is 11.3 Å². The van der Waals surface area contributed by atoms with Crippen LogP contribution in [-0.2, 0) is 10.0 Å². The van der Waals surface area contributed by atoms with Gasteiger partial charge in [-0.1, -0.05) is 6.07 Å². The molecule has 0 unspecified atom stereocenters. The van der Waals surface area contributed by atoms with Crippen molar-refractivity contribution in [2.24, 2.45) is 0 Å². The van der Waals surface area contributed by atoms with E-state index in [4.69, 9.17) is 0 Å². The van der Waals surface area contributed by atoms with Gasteiger partial charge in [-0.25, -0.2) is 8.42 Å². The fourth-order valence-corrected chi connectivity index (χ4v) is 4.91. The predicted molar refractivity (Wildman–Crippen MR) is 100 cm³/mol. The van der Waals surface area contributed by atoms with Gasteiger partial charge in [0, 0.05) is 43.6 Å². The van der Waals surface area contributed by atoms with Crippen LogP contribution in [-0.4, -0.2) is 45.5 Å². The zero-order valence-corrected chi connectivity index (χ0v) is 15.6.